The second kappa shape index (κ2) is 5.03. The summed E-state index contributed by atoms with van der Waals surface area (Å²) in [5.74, 6) is -0.0185. The van der Waals surface area contributed by atoms with Crippen LogP contribution in [0.2, 0.25) is 0 Å². The number of nitrogens with one attached hydrogen (secondary N) is 1. The Bertz CT molecular complexity index is 530. The molecule has 6 heteroatoms. The van der Waals surface area contributed by atoms with Crippen LogP contribution >= 0.6 is 0 Å². The number of carbonyl (C=O) groups excluding carboxylic acids is 1. The Morgan fingerprint density at radius 3 is 2.74 bits per heavy atom. The molecular formula is C13H18N4O2. The number of aromatic nitrogens is 2. The molecule has 0 spiro atoms. The molecule has 19 heavy (non-hydrogen) atoms. The van der Waals surface area contributed by atoms with E-state index in [0.717, 1.165) is 44.5 Å². The van der Waals surface area contributed by atoms with Crippen LogP contribution in [0.25, 0.3) is 0 Å². The molecule has 1 aliphatic carbocycles. The molecule has 2 heterocycles. The molecule has 1 aromatic rings. The van der Waals surface area contributed by atoms with Crippen LogP contribution in [0.3, 0.4) is 0 Å². The Balaban J connectivity index is 1.66. The summed E-state index contributed by atoms with van der Waals surface area (Å²) in [6, 6.07) is 2.01. The first-order chi connectivity index (χ1) is 9.22. The summed E-state index contributed by atoms with van der Waals surface area (Å²) < 4.78 is 1.23. The fourth-order valence-electron chi connectivity index (χ4n) is 2.29. The van der Waals surface area contributed by atoms with Gasteiger partial charge in [0.1, 0.15) is 6.54 Å². The lowest BCUT2D eigenvalue weighted by Gasteiger charge is -2.15. The van der Waals surface area contributed by atoms with Crippen molar-refractivity contribution in [1.29, 1.82) is 0 Å². The number of carbonyl (C=O) groups is 1. The topological polar surface area (TPSA) is 67.2 Å². The average Bonchev–Trinajstić information content (AvgIpc) is 3.03. The quantitative estimate of drug-likeness (QED) is 0.855. The Labute approximate surface area is 111 Å². The van der Waals surface area contributed by atoms with Gasteiger partial charge in [-0.2, -0.15) is 5.10 Å². The Kier molecular flexibility index (Phi) is 3.23. The summed E-state index contributed by atoms with van der Waals surface area (Å²) in [6.45, 7) is 1.65. The molecule has 1 N–H and O–H groups in total. The van der Waals surface area contributed by atoms with Crippen molar-refractivity contribution >= 4 is 11.6 Å². The second-order valence-electron chi connectivity index (χ2n) is 5.25. The first kappa shape index (κ1) is 12.2. The molecule has 0 bridgehead atoms. The van der Waals surface area contributed by atoms with Gasteiger partial charge < -0.3 is 10.2 Å². The molecule has 1 amide bonds. The molecule has 0 unspecified atom stereocenters. The second-order valence-corrected chi connectivity index (χ2v) is 5.25. The normalized spacial score (nSPS) is 18.6. The number of likely N-dealkylation sites (tertiary alicyclic amines) is 1. The van der Waals surface area contributed by atoms with Gasteiger partial charge in [0.05, 0.1) is 11.9 Å². The third kappa shape index (κ3) is 2.94. The van der Waals surface area contributed by atoms with E-state index in [1.807, 2.05) is 0 Å². The van der Waals surface area contributed by atoms with Gasteiger partial charge >= 0.3 is 0 Å². The Morgan fingerprint density at radius 2 is 2.11 bits per heavy atom. The van der Waals surface area contributed by atoms with Gasteiger partial charge in [-0.15, -0.1) is 0 Å². The van der Waals surface area contributed by atoms with E-state index < -0.39 is 0 Å². The van der Waals surface area contributed by atoms with Gasteiger partial charge in [-0.25, -0.2) is 4.68 Å². The highest BCUT2D eigenvalue weighted by Crippen LogP contribution is 2.23. The molecule has 3 rings (SSSR count). The molecule has 0 radical (unpaired) electrons. The van der Waals surface area contributed by atoms with Crippen LogP contribution in [0.1, 0.15) is 25.7 Å². The zero-order valence-electron chi connectivity index (χ0n) is 10.8. The van der Waals surface area contributed by atoms with Crippen LogP contribution in [0.4, 0.5) is 5.69 Å². The van der Waals surface area contributed by atoms with E-state index in [1.165, 1.54) is 10.7 Å². The minimum absolute atomic E-state index is 0.0185. The van der Waals surface area contributed by atoms with Crippen molar-refractivity contribution in [3.8, 4) is 0 Å². The van der Waals surface area contributed by atoms with Crippen molar-refractivity contribution in [1.82, 2.24) is 14.7 Å². The van der Waals surface area contributed by atoms with Crippen molar-refractivity contribution in [3.05, 3.63) is 22.6 Å². The highest BCUT2D eigenvalue weighted by atomic mass is 16.2. The minimum Gasteiger partial charge on any atom is -0.381 e. The Hall–Kier alpha value is -1.85. The van der Waals surface area contributed by atoms with Crippen LogP contribution in [0.15, 0.2) is 17.1 Å². The zero-order valence-corrected chi connectivity index (χ0v) is 10.8. The maximum absolute atomic E-state index is 12.0. The van der Waals surface area contributed by atoms with E-state index in [0.29, 0.717) is 6.04 Å². The highest BCUT2D eigenvalue weighted by molar-refractivity contribution is 5.76. The number of hydrogen-bond acceptors (Lipinski definition) is 4. The lowest BCUT2D eigenvalue weighted by molar-refractivity contribution is -0.131. The molecule has 1 aromatic heterocycles. The van der Waals surface area contributed by atoms with Crippen molar-refractivity contribution in [2.75, 3.05) is 18.4 Å². The van der Waals surface area contributed by atoms with Crippen LogP contribution in [0.5, 0.6) is 0 Å². The maximum atomic E-state index is 12.0. The summed E-state index contributed by atoms with van der Waals surface area (Å²) >= 11 is 0. The van der Waals surface area contributed by atoms with Gasteiger partial charge in [-0.1, -0.05) is 0 Å². The summed E-state index contributed by atoms with van der Waals surface area (Å²) in [5.41, 5.74) is 0.524. The predicted molar refractivity (Wildman–Crippen MR) is 71.0 cm³/mol. The summed E-state index contributed by atoms with van der Waals surface area (Å²) in [6.07, 6.45) is 6.03. The van der Waals surface area contributed by atoms with Gasteiger partial charge in [0.15, 0.2) is 0 Å². The summed E-state index contributed by atoms with van der Waals surface area (Å²) in [4.78, 5) is 25.6. The van der Waals surface area contributed by atoms with E-state index in [4.69, 9.17) is 0 Å². The van der Waals surface area contributed by atoms with Gasteiger partial charge in [-0.3, -0.25) is 9.59 Å². The lowest BCUT2D eigenvalue weighted by Crippen LogP contribution is -2.35. The molecule has 0 atom stereocenters. The average molecular weight is 262 g/mol. The van der Waals surface area contributed by atoms with Crippen LogP contribution in [0, 0.1) is 0 Å². The van der Waals surface area contributed by atoms with E-state index in [2.05, 4.69) is 10.4 Å². The molecule has 0 aromatic carbocycles. The van der Waals surface area contributed by atoms with Crippen LogP contribution in [-0.4, -0.2) is 39.7 Å². The van der Waals surface area contributed by atoms with Crippen LogP contribution in [-0.2, 0) is 11.3 Å². The van der Waals surface area contributed by atoms with E-state index in [-0.39, 0.29) is 18.0 Å². The Morgan fingerprint density at radius 1 is 1.37 bits per heavy atom. The van der Waals surface area contributed by atoms with Crippen molar-refractivity contribution < 1.29 is 4.79 Å². The van der Waals surface area contributed by atoms with Crippen molar-refractivity contribution in [3.63, 3.8) is 0 Å². The standard InChI is InChI=1S/C13H18N4O2/c18-12-7-11(15-10-3-4-10)8-14-17(12)9-13(19)16-5-1-2-6-16/h7-8,10,15H,1-6,9H2. The van der Waals surface area contributed by atoms with E-state index in [1.54, 1.807) is 11.1 Å². The molecule has 1 aliphatic heterocycles. The molecule has 102 valence electrons. The zero-order chi connectivity index (χ0) is 13.2. The summed E-state index contributed by atoms with van der Waals surface area (Å²) in [5, 5.41) is 7.29. The first-order valence-electron chi connectivity index (χ1n) is 6.84. The molecule has 2 aliphatic rings. The summed E-state index contributed by atoms with van der Waals surface area (Å²) in [7, 11) is 0. The minimum atomic E-state index is -0.224. The largest absolute Gasteiger partial charge is 0.381 e. The molecular weight excluding hydrogens is 244 g/mol. The number of nitrogens with zero attached hydrogens (tertiary/aromatic N) is 3. The van der Waals surface area contributed by atoms with E-state index in [9.17, 15) is 9.59 Å². The molecule has 6 nitrogen and oxygen atoms in total. The first-order valence-corrected chi connectivity index (χ1v) is 6.84. The fraction of sp³-hybridized carbons (Fsp3) is 0.615. The predicted octanol–water partition coefficient (Wildman–Crippen LogP) is 0.440. The van der Waals surface area contributed by atoms with E-state index >= 15 is 0 Å². The van der Waals surface area contributed by atoms with Crippen LogP contribution < -0.4 is 10.9 Å². The monoisotopic (exact) mass is 262 g/mol. The third-order valence-electron chi connectivity index (χ3n) is 3.56. The molecule has 1 saturated heterocycles. The number of amides is 1. The number of hydrogen-bond donors (Lipinski definition) is 1. The number of anilines is 1. The molecule has 1 saturated carbocycles. The van der Waals surface area contributed by atoms with Gasteiger partial charge in [0.25, 0.3) is 5.56 Å². The maximum Gasteiger partial charge on any atom is 0.269 e. The molecule has 2 fully saturated rings. The van der Waals surface area contributed by atoms with Gasteiger partial charge in [-0.05, 0) is 25.7 Å². The smallest absolute Gasteiger partial charge is 0.269 e. The van der Waals surface area contributed by atoms with Gasteiger partial charge in [0.2, 0.25) is 5.91 Å². The lowest BCUT2D eigenvalue weighted by atomic mass is 10.4. The van der Waals surface area contributed by atoms with Crippen molar-refractivity contribution in [2.45, 2.75) is 38.3 Å². The third-order valence-corrected chi connectivity index (χ3v) is 3.56. The van der Waals surface area contributed by atoms with Gasteiger partial charge in [0, 0.05) is 25.2 Å². The fourth-order valence-corrected chi connectivity index (χ4v) is 2.29. The SMILES string of the molecule is O=C(Cn1ncc(NC2CC2)cc1=O)N1CCCC1. The number of rotatable bonds is 4. The van der Waals surface area contributed by atoms with Crippen molar-refractivity contribution in [2.24, 2.45) is 0 Å². The highest BCUT2D eigenvalue weighted by Gasteiger charge is 2.22.